The van der Waals surface area contributed by atoms with Crippen LogP contribution in [-0.4, -0.2) is 38.6 Å². The molecule has 2 N–H and O–H groups in total. The predicted octanol–water partition coefficient (Wildman–Crippen LogP) is 0.244. The zero-order chi connectivity index (χ0) is 12.8. The maximum absolute atomic E-state index is 13.6. The number of halogens is 1. The average molecular weight is 253 g/mol. The molecule has 0 amide bonds. The highest BCUT2D eigenvalue weighted by atomic mass is 32.2. The molecule has 1 aliphatic rings. The van der Waals surface area contributed by atoms with Crippen molar-refractivity contribution in [2.45, 2.75) is 45.0 Å². The minimum absolute atomic E-state index is 0.680. The van der Waals surface area contributed by atoms with E-state index in [-0.39, 0.29) is 0 Å². The lowest BCUT2D eigenvalue weighted by Crippen LogP contribution is -2.41. The standard InChI is InChI=1S/C8H17BFNO4S/c1-7(2)8(3,4)15-9(14-7)6(10)5-16(11,12)13/h6H,5H2,1-4H3,(H2,11,12,13). The van der Waals surface area contributed by atoms with Crippen LogP contribution in [0.3, 0.4) is 0 Å². The van der Waals surface area contributed by atoms with E-state index in [4.69, 9.17) is 14.4 Å². The third-order valence-corrected chi connectivity index (χ3v) is 3.74. The van der Waals surface area contributed by atoms with Crippen LogP contribution in [-0.2, 0) is 19.3 Å². The summed E-state index contributed by atoms with van der Waals surface area (Å²) in [6.45, 7) is 7.04. The SMILES string of the molecule is CC1(C)OB(C(F)CS(N)(=O)=O)OC1(C)C. The Kier molecular flexibility index (Phi) is 3.42. The molecule has 0 saturated carbocycles. The summed E-state index contributed by atoms with van der Waals surface area (Å²) in [6, 6.07) is 0. The molecule has 1 saturated heterocycles. The van der Waals surface area contributed by atoms with Crippen LogP contribution in [0, 0.1) is 0 Å². The summed E-state index contributed by atoms with van der Waals surface area (Å²) in [5.41, 5.74) is -1.36. The van der Waals surface area contributed by atoms with Gasteiger partial charge >= 0.3 is 7.12 Å². The highest BCUT2D eigenvalue weighted by Gasteiger charge is 2.54. The molecule has 0 radical (unpaired) electrons. The van der Waals surface area contributed by atoms with Crippen molar-refractivity contribution in [2.75, 3.05) is 5.75 Å². The van der Waals surface area contributed by atoms with E-state index < -0.39 is 40.2 Å². The number of primary sulfonamides is 1. The van der Waals surface area contributed by atoms with E-state index in [9.17, 15) is 12.8 Å². The minimum atomic E-state index is -3.87. The normalized spacial score (nSPS) is 25.8. The summed E-state index contributed by atoms with van der Waals surface area (Å²) in [5, 5.41) is 4.76. The molecular weight excluding hydrogens is 236 g/mol. The number of alkyl halides is 1. The van der Waals surface area contributed by atoms with Crippen LogP contribution in [0.25, 0.3) is 0 Å². The second-order valence-electron chi connectivity index (χ2n) is 4.97. The molecule has 0 bridgehead atoms. The van der Waals surface area contributed by atoms with Crippen LogP contribution in [0.4, 0.5) is 4.39 Å². The largest absolute Gasteiger partial charge is 0.495 e. The molecule has 0 aromatic heterocycles. The Morgan fingerprint density at radius 3 is 1.94 bits per heavy atom. The van der Waals surface area contributed by atoms with Crippen LogP contribution < -0.4 is 5.14 Å². The first-order chi connectivity index (χ1) is 6.95. The Morgan fingerprint density at radius 2 is 1.62 bits per heavy atom. The van der Waals surface area contributed by atoms with E-state index in [1.54, 1.807) is 27.7 Å². The molecule has 0 aromatic carbocycles. The topological polar surface area (TPSA) is 78.6 Å². The molecule has 1 heterocycles. The van der Waals surface area contributed by atoms with Gasteiger partial charge < -0.3 is 9.31 Å². The Balaban J connectivity index is 2.73. The molecule has 1 atom stereocenters. The average Bonchev–Trinajstić information content (AvgIpc) is 2.17. The van der Waals surface area contributed by atoms with E-state index in [0.29, 0.717) is 0 Å². The van der Waals surface area contributed by atoms with E-state index in [1.165, 1.54) is 0 Å². The predicted molar refractivity (Wildman–Crippen MR) is 59.0 cm³/mol. The molecule has 1 fully saturated rings. The molecule has 16 heavy (non-hydrogen) atoms. The highest BCUT2D eigenvalue weighted by molar-refractivity contribution is 7.89. The van der Waals surface area contributed by atoms with Crippen LogP contribution in [0.15, 0.2) is 0 Å². The summed E-state index contributed by atoms with van der Waals surface area (Å²) in [6.07, 6.45) is -1.78. The highest BCUT2D eigenvalue weighted by Crippen LogP contribution is 2.37. The van der Waals surface area contributed by atoms with Gasteiger partial charge in [-0.3, -0.25) is 0 Å². The zero-order valence-corrected chi connectivity index (χ0v) is 10.7. The second-order valence-corrected chi connectivity index (χ2v) is 6.63. The van der Waals surface area contributed by atoms with Gasteiger partial charge in [-0.05, 0) is 27.7 Å². The van der Waals surface area contributed by atoms with Gasteiger partial charge in [0.05, 0.1) is 17.0 Å². The Bertz CT molecular complexity index is 354. The van der Waals surface area contributed by atoms with Crippen molar-refractivity contribution in [3.63, 3.8) is 0 Å². The maximum Gasteiger partial charge on any atom is 0.495 e. The quantitative estimate of drug-likeness (QED) is 0.731. The number of rotatable bonds is 3. The number of sulfonamides is 1. The lowest BCUT2D eigenvalue weighted by atomic mass is 9.84. The lowest BCUT2D eigenvalue weighted by molar-refractivity contribution is 0.00578. The zero-order valence-electron chi connectivity index (χ0n) is 9.86. The molecule has 5 nitrogen and oxygen atoms in total. The van der Waals surface area contributed by atoms with Gasteiger partial charge in [0, 0.05) is 0 Å². The molecule has 0 aliphatic carbocycles. The first-order valence-electron chi connectivity index (χ1n) is 4.95. The van der Waals surface area contributed by atoms with Crippen LogP contribution >= 0.6 is 0 Å². The smallest absolute Gasteiger partial charge is 0.401 e. The van der Waals surface area contributed by atoms with Crippen LogP contribution in [0.2, 0.25) is 0 Å². The van der Waals surface area contributed by atoms with Crippen molar-refractivity contribution in [3.05, 3.63) is 0 Å². The minimum Gasteiger partial charge on any atom is -0.401 e. The van der Waals surface area contributed by atoms with Gasteiger partial charge in [-0.15, -0.1) is 0 Å². The van der Waals surface area contributed by atoms with E-state index in [1.807, 2.05) is 0 Å². The summed E-state index contributed by atoms with van der Waals surface area (Å²) in [7, 11) is -5.06. The van der Waals surface area contributed by atoms with E-state index >= 15 is 0 Å². The lowest BCUT2D eigenvalue weighted by Gasteiger charge is -2.32. The molecule has 8 heteroatoms. The van der Waals surface area contributed by atoms with Gasteiger partial charge in [0.15, 0.2) is 6.07 Å². The molecule has 1 unspecified atom stereocenters. The molecule has 0 spiro atoms. The summed E-state index contributed by atoms with van der Waals surface area (Å²) < 4.78 is 45.8. The number of nitrogens with two attached hydrogens (primary N) is 1. The second kappa shape index (κ2) is 3.94. The molecule has 94 valence electrons. The first-order valence-corrected chi connectivity index (χ1v) is 6.66. The molecular formula is C8H17BFNO4S. The van der Waals surface area contributed by atoms with Crippen molar-refractivity contribution in [2.24, 2.45) is 5.14 Å². The fourth-order valence-corrected chi connectivity index (χ4v) is 1.94. The van der Waals surface area contributed by atoms with Gasteiger partial charge in [0.2, 0.25) is 10.0 Å². The Labute approximate surface area is 95.7 Å². The van der Waals surface area contributed by atoms with E-state index in [2.05, 4.69) is 0 Å². The van der Waals surface area contributed by atoms with Crippen molar-refractivity contribution in [3.8, 4) is 0 Å². The number of hydrogen-bond donors (Lipinski definition) is 1. The fraction of sp³-hybridized carbons (Fsp3) is 1.00. The van der Waals surface area contributed by atoms with Crippen molar-refractivity contribution in [1.82, 2.24) is 0 Å². The molecule has 1 rings (SSSR count). The van der Waals surface area contributed by atoms with Crippen LogP contribution in [0.5, 0.6) is 0 Å². The Morgan fingerprint density at radius 1 is 1.25 bits per heavy atom. The maximum atomic E-state index is 13.6. The third-order valence-electron chi connectivity index (χ3n) is 2.96. The van der Waals surface area contributed by atoms with Crippen molar-refractivity contribution in [1.29, 1.82) is 0 Å². The fourth-order valence-electron chi connectivity index (χ4n) is 1.34. The van der Waals surface area contributed by atoms with Crippen molar-refractivity contribution < 1.29 is 22.1 Å². The number of hydrogen-bond acceptors (Lipinski definition) is 4. The van der Waals surface area contributed by atoms with Gasteiger partial charge in [-0.1, -0.05) is 0 Å². The van der Waals surface area contributed by atoms with Gasteiger partial charge in [-0.2, -0.15) is 0 Å². The molecule has 0 aromatic rings. The van der Waals surface area contributed by atoms with Gasteiger partial charge in [-0.25, -0.2) is 17.9 Å². The monoisotopic (exact) mass is 253 g/mol. The van der Waals surface area contributed by atoms with Crippen LogP contribution in [0.1, 0.15) is 27.7 Å². The summed E-state index contributed by atoms with van der Waals surface area (Å²) in [5.74, 6) is -0.802. The van der Waals surface area contributed by atoms with Gasteiger partial charge in [0.1, 0.15) is 0 Å². The summed E-state index contributed by atoms with van der Waals surface area (Å²) in [4.78, 5) is 0. The third kappa shape index (κ3) is 2.94. The molecule has 1 aliphatic heterocycles. The summed E-state index contributed by atoms with van der Waals surface area (Å²) >= 11 is 0. The first kappa shape index (κ1) is 13.9. The van der Waals surface area contributed by atoms with Crippen molar-refractivity contribution >= 4 is 17.1 Å². The van der Waals surface area contributed by atoms with Gasteiger partial charge in [0.25, 0.3) is 0 Å². The Hall–Kier alpha value is -0.175. The van der Waals surface area contributed by atoms with E-state index in [0.717, 1.165) is 0 Å².